The number of aromatic nitrogens is 3. The molecule has 0 spiro atoms. The van der Waals surface area contributed by atoms with Crippen molar-refractivity contribution in [2.45, 2.75) is 58.1 Å². The summed E-state index contributed by atoms with van der Waals surface area (Å²) in [6.45, 7) is 8.10. The van der Waals surface area contributed by atoms with Crippen molar-refractivity contribution in [3.05, 3.63) is 70.8 Å². The molecule has 0 bridgehead atoms. The topological polar surface area (TPSA) is 77.8 Å². The molecule has 0 unspecified atom stereocenters. The molecule has 2 aromatic heterocycles. The fraction of sp³-hybridized carbons (Fsp3) is 0.345. The molecule has 2 aromatic carbocycles. The van der Waals surface area contributed by atoms with Crippen molar-refractivity contribution in [3.63, 3.8) is 0 Å². The summed E-state index contributed by atoms with van der Waals surface area (Å²) >= 11 is 3.52. The molecule has 1 N–H and O–H groups in total. The zero-order valence-electron chi connectivity index (χ0n) is 21.5. The smallest absolute Gasteiger partial charge is 0.408 e. The number of ether oxygens (including phenoxy) is 2. The van der Waals surface area contributed by atoms with Gasteiger partial charge in [-0.3, -0.25) is 0 Å². The van der Waals surface area contributed by atoms with E-state index in [2.05, 4.69) is 57.6 Å². The summed E-state index contributed by atoms with van der Waals surface area (Å²) in [4.78, 5) is 17.6. The van der Waals surface area contributed by atoms with Crippen LogP contribution in [-0.4, -0.2) is 32.9 Å². The number of nitrogens with one attached hydrogen (secondary N) is 1. The number of rotatable bonds is 6. The number of fused-ring (bicyclic) bond motifs is 1. The van der Waals surface area contributed by atoms with Crippen LogP contribution in [0.15, 0.2) is 65.3 Å². The molecule has 2 heterocycles. The predicted molar refractivity (Wildman–Crippen MR) is 148 cm³/mol. The van der Waals surface area contributed by atoms with E-state index in [0.29, 0.717) is 22.6 Å². The van der Waals surface area contributed by atoms with E-state index in [1.807, 2.05) is 56.5 Å². The molecule has 7 nitrogen and oxygen atoms in total. The molecule has 1 aliphatic rings. The first-order valence-electron chi connectivity index (χ1n) is 12.6. The Hall–Kier alpha value is -3.39. The Morgan fingerprint density at radius 2 is 1.78 bits per heavy atom. The number of carbonyl (C=O) groups is 1. The lowest BCUT2D eigenvalue weighted by Crippen LogP contribution is -2.52. The first-order chi connectivity index (χ1) is 17.7. The van der Waals surface area contributed by atoms with Gasteiger partial charge in [0.15, 0.2) is 11.4 Å². The lowest BCUT2D eigenvalue weighted by Gasteiger charge is -2.43. The molecule has 192 valence electrons. The third kappa shape index (κ3) is 5.07. The molecule has 37 heavy (non-hydrogen) atoms. The van der Waals surface area contributed by atoms with Crippen molar-refractivity contribution in [2.24, 2.45) is 0 Å². The van der Waals surface area contributed by atoms with Gasteiger partial charge >= 0.3 is 6.09 Å². The highest BCUT2D eigenvalue weighted by molar-refractivity contribution is 9.10. The standard InChI is InChI=1S/C29H31BrN4O3/c1-5-36-22-18-23(30)33-34-25(20-10-7-6-8-11-20)24(31-26(22)34)19-12-14-21(15-13-19)29(16-9-17-29)32-27(35)37-28(2,3)4/h6-8,10-15,18H,5,9,16-17H2,1-4H3,(H,32,35). The van der Waals surface area contributed by atoms with Crippen molar-refractivity contribution in [1.82, 2.24) is 19.9 Å². The van der Waals surface area contributed by atoms with Gasteiger partial charge in [-0.05, 0) is 68.5 Å². The highest BCUT2D eigenvalue weighted by atomic mass is 79.9. The first kappa shape index (κ1) is 25.3. The summed E-state index contributed by atoms with van der Waals surface area (Å²) in [6, 6.07) is 20.2. The molecule has 1 fully saturated rings. The van der Waals surface area contributed by atoms with Gasteiger partial charge in [0.05, 0.1) is 17.8 Å². The van der Waals surface area contributed by atoms with Crippen LogP contribution in [0.3, 0.4) is 0 Å². The monoisotopic (exact) mass is 562 g/mol. The van der Waals surface area contributed by atoms with Gasteiger partial charge in [0, 0.05) is 17.2 Å². The number of alkyl carbamates (subject to hydrolysis) is 1. The van der Waals surface area contributed by atoms with Gasteiger partial charge < -0.3 is 14.8 Å². The van der Waals surface area contributed by atoms with Crippen LogP contribution < -0.4 is 10.1 Å². The maximum absolute atomic E-state index is 12.6. The molecule has 8 heteroatoms. The van der Waals surface area contributed by atoms with E-state index in [-0.39, 0.29) is 6.09 Å². The van der Waals surface area contributed by atoms with Crippen LogP contribution in [0, 0.1) is 0 Å². The Labute approximate surface area is 225 Å². The Balaban J connectivity index is 1.56. The van der Waals surface area contributed by atoms with Crippen LogP contribution in [-0.2, 0) is 10.3 Å². The quantitative estimate of drug-likeness (QED) is 0.270. The van der Waals surface area contributed by atoms with Gasteiger partial charge in [-0.1, -0.05) is 54.6 Å². The van der Waals surface area contributed by atoms with E-state index in [4.69, 9.17) is 19.6 Å². The number of nitrogens with zero attached hydrogens (tertiary/aromatic N) is 3. The first-order valence-corrected chi connectivity index (χ1v) is 13.4. The number of halogens is 1. The molecular weight excluding hydrogens is 532 g/mol. The van der Waals surface area contributed by atoms with E-state index >= 15 is 0 Å². The number of hydrogen-bond donors (Lipinski definition) is 1. The molecule has 5 rings (SSSR count). The highest BCUT2D eigenvalue weighted by Gasteiger charge is 2.41. The molecule has 0 atom stereocenters. The van der Waals surface area contributed by atoms with Crippen LogP contribution in [0.4, 0.5) is 4.79 Å². The molecule has 1 aliphatic carbocycles. The Bertz CT molecular complexity index is 1420. The molecule has 1 amide bonds. The number of carbonyl (C=O) groups excluding carboxylic acids is 1. The zero-order valence-corrected chi connectivity index (χ0v) is 23.1. The molecule has 0 aliphatic heterocycles. The largest absolute Gasteiger partial charge is 0.490 e. The van der Waals surface area contributed by atoms with Crippen molar-refractivity contribution < 1.29 is 14.3 Å². The van der Waals surface area contributed by atoms with Gasteiger partial charge in [-0.25, -0.2) is 14.3 Å². The number of amides is 1. The van der Waals surface area contributed by atoms with Gasteiger partial charge in [0.2, 0.25) is 0 Å². The van der Waals surface area contributed by atoms with Gasteiger partial charge in [-0.15, -0.1) is 0 Å². The van der Waals surface area contributed by atoms with Crippen molar-refractivity contribution in [3.8, 4) is 28.3 Å². The summed E-state index contributed by atoms with van der Waals surface area (Å²) in [6.07, 6.45) is 2.43. The minimum Gasteiger partial charge on any atom is -0.490 e. The van der Waals surface area contributed by atoms with Gasteiger partial charge in [-0.2, -0.15) is 5.10 Å². The molecule has 4 aromatic rings. The summed E-state index contributed by atoms with van der Waals surface area (Å²) in [5, 5.41) is 7.85. The fourth-order valence-electron chi connectivity index (χ4n) is 4.75. The minimum absolute atomic E-state index is 0.386. The number of hydrogen-bond acceptors (Lipinski definition) is 5. The van der Waals surface area contributed by atoms with Crippen LogP contribution in [0.1, 0.15) is 52.5 Å². The Morgan fingerprint density at radius 3 is 2.38 bits per heavy atom. The fourth-order valence-corrected chi connectivity index (χ4v) is 5.11. The SMILES string of the molecule is CCOc1cc(Br)nn2c(-c3ccccc3)c(-c3ccc(C4(NC(=O)OC(C)(C)C)CCC4)cc3)nc12. The van der Waals surface area contributed by atoms with E-state index in [1.165, 1.54) is 0 Å². The molecule has 1 saturated carbocycles. The summed E-state index contributed by atoms with van der Waals surface area (Å²) in [7, 11) is 0. The third-order valence-corrected chi connectivity index (χ3v) is 6.91. The van der Waals surface area contributed by atoms with E-state index < -0.39 is 11.1 Å². The lowest BCUT2D eigenvalue weighted by atomic mass is 9.71. The lowest BCUT2D eigenvalue weighted by molar-refractivity contribution is 0.0377. The summed E-state index contributed by atoms with van der Waals surface area (Å²) < 4.78 is 13.9. The summed E-state index contributed by atoms with van der Waals surface area (Å²) in [5.74, 6) is 0.666. The van der Waals surface area contributed by atoms with Crippen molar-refractivity contribution >= 4 is 27.7 Å². The average molecular weight is 563 g/mol. The number of benzene rings is 2. The highest BCUT2D eigenvalue weighted by Crippen LogP contribution is 2.43. The molecule has 0 radical (unpaired) electrons. The Kier molecular flexibility index (Phi) is 6.70. The second kappa shape index (κ2) is 9.82. The van der Waals surface area contributed by atoms with Gasteiger partial charge in [0.25, 0.3) is 0 Å². The van der Waals surface area contributed by atoms with E-state index in [1.54, 1.807) is 0 Å². The average Bonchev–Trinajstić information content (AvgIpc) is 3.21. The summed E-state index contributed by atoms with van der Waals surface area (Å²) in [5.41, 5.74) is 4.43. The van der Waals surface area contributed by atoms with Crippen LogP contribution in [0.5, 0.6) is 5.75 Å². The van der Waals surface area contributed by atoms with Crippen LogP contribution in [0.2, 0.25) is 0 Å². The Morgan fingerprint density at radius 1 is 1.08 bits per heavy atom. The van der Waals surface area contributed by atoms with Crippen LogP contribution >= 0.6 is 15.9 Å². The second-order valence-corrected chi connectivity index (χ2v) is 11.1. The normalized spacial score (nSPS) is 14.7. The molecule has 0 saturated heterocycles. The maximum atomic E-state index is 12.6. The van der Waals surface area contributed by atoms with Gasteiger partial charge in [0.1, 0.15) is 15.9 Å². The van der Waals surface area contributed by atoms with E-state index in [0.717, 1.165) is 47.3 Å². The number of imidazole rings is 1. The minimum atomic E-state index is -0.542. The van der Waals surface area contributed by atoms with Crippen molar-refractivity contribution in [1.29, 1.82) is 0 Å². The van der Waals surface area contributed by atoms with E-state index in [9.17, 15) is 4.79 Å². The maximum Gasteiger partial charge on any atom is 0.408 e. The predicted octanol–water partition coefficient (Wildman–Crippen LogP) is 7.13. The second-order valence-electron chi connectivity index (χ2n) is 10.3. The molecular formula is C29H31BrN4O3. The zero-order chi connectivity index (χ0) is 26.2. The van der Waals surface area contributed by atoms with Crippen LogP contribution in [0.25, 0.3) is 28.2 Å². The third-order valence-electron chi connectivity index (χ3n) is 6.53. The van der Waals surface area contributed by atoms with Crippen molar-refractivity contribution in [2.75, 3.05) is 6.61 Å².